The lowest BCUT2D eigenvalue weighted by Crippen LogP contribution is -2.11. The van der Waals surface area contributed by atoms with E-state index in [0.717, 1.165) is 34.7 Å². The van der Waals surface area contributed by atoms with Gasteiger partial charge in [0.15, 0.2) is 0 Å². The molecule has 0 heterocycles. The Morgan fingerprint density at radius 1 is 1.00 bits per heavy atom. The Morgan fingerprint density at radius 3 is 2.38 bits per heavy atom. The highest BCUT2D eigenvalue weighted by Gasteiger charge is 2.14. The van der Waals surface area contributed by atoms with Crippen molar-refractivity contribution in [2.24, 2.45) is 5.92 Å². The van der Waals surface area contributed by atoms with Crippen LogP contribution >= 0.6 is 34.8 Å². The highest BCUT2D eigenvalue weighted by atomic mass is 35.5. The standard InChI is InChI=1S/C17H17Cl3O/c1-21-17-7-6-15(19)10-14(17)9-12(11-18)8-13-4-2-3-5-16(13)20/h2-7,10,12H,8-9,11H2,1H3. The Kier molecular flexibility index (Phi) is 6.22. The second-order valence-electron chi connectivity index (χ2n) is 4.98. The molecule has 2 aromatic carbocycles. The van der Waals surface area contributed by atoms with Crippen molar-refractivity contribution in [1.82, 2.24) is 0 Å². The summed E-state index contributed by atoms with van der Waals surface area (Å²) in [6.07, 6.45) is 1.64. The number of alkyl halides is 1. The molecule has 0 aliphatic rings. The second-order valence-corrected chi connectivity index (χ2v) is 6.13. The summed E-state index contributed by atoms with van der Waals surface area (Å²) in [5.41, 5.74) is 2.19. The molecule has 1 unspecified atom stereocenters. The lowest BCUT2D eigenvalue weighted by molar-refractivity contribution is 0.405. The fraction of sp³-hybridized carbons (Fsp3) is 0.294. The van der Waals surface area contributed by atoms with E-state index in [1.165, 1.54) is 0 Å². The van der Waals surface area contributed by atoms with E-state index >= 15 is 0 Å². The summed E-state index contributed by atoms with van der Waals surface area (Å²) in [6, 6.07) is 13.5. The van der Waals surface area contributed by atoms with Crippen molar-refractivity contribution in [3.05, 3.63) is 63.6 Å². The first kappa shape index (κ1) is 16.5. The van der Waals surface area contributed by atoms with E-state index in [-0.39, 0.29) is 5.92 Å². The van der Waals surface area contributed by atoms with Crippen LogP contribution in [0.3, 0.4) is 0 Å². The van der Waals surface area contributed by atoms with Gasteiger partial charge in [0, 0.05) is 15.9 Å². The lowest BCUT2D eigenvalue weighted by Gasteiger charge is -2.17. The van der Waals surface area contributed by atoms with Crippen LogP contribution in [0.2, 0.25) is 10.0 Å². The van der Waals surface area contributed by atoms with Gasteiger partial charge in [-0.05, 0) is 54.2 Å². The summed E-state index contributed by atoms with van der Waals surface area (Å²) in [7, 11) is 1.66. The summed E-state index contributed by atoms with van der Waals surface area (Å²) < 4.78 is 5.39. The summed E-state index contributed by atoms with van der Waals surface area (Å²) in [5, 5.41) is 1.49. The molecule has 0 radical (unpaired) electrons. The zero-order valence-corrected chi connectivity index (χ0v) is 14.1. The van der Waals surface area contributed by atoms with E-state index in [1.807, 2.05) is 42.5 Å². The smallest absolute Gasteiger partial charge is 0.122 e. The first-order chi connectivity index (χ1) is 10.1. The molecule has 0 aliphatic heterocycles. The minimum Gasteiger partial charge on any atom is -0.496 e. The number of rotatable bonds is 6. The molecule has 1 nitrogen and oxygen atoms in total. The van der Waals surface area contributed by atoms with Crippen molar-refractivity contribution in [3.8, 4) is 5.75 Å². The van der Waals surface area contributed by atoms with Crippen LogP contribution in [0.5, 0.6) is 5.75 Å². The van der Waals surface area contributed by atoms with Crippen LogP contribution in [0.1, 0.15) is 11.1 Å². The van der Waals surface area contributed by atoms with Crippen LogP contribution in [0.4, 0.5) is 0 Å². The molecular weight excluding hydrogens is 327 g/mol. The summed E-state index contributed by atoms with van der Waals surface area (Å²) in [4.78, 5) is 0. The van der Waals surface area contributed by atoms with Crippen LogP contribution < -0.4 is 4.74 Å². The van der Waals surface area contributed by atoms with Gasteiger partial charge in [-0.25, -0.2) is 0 Å². The minimum absolute atomic E-state index is 0.277. The van der Waals surface area contributed by atoms with Crippen LogP contribution in [-0.4, -0.2) is 13.0 Å². The van der Waals surface area contributed by atoms with Gasteiger partial charge in [0.25, 0.3) is 0 Å². The van der Waals surface area contributed by atoms with Gasteiger partial charge in [-0.2, -0.15) is 0 Å². The SMILES string of the molecule is COc1ccc(Cl)cc1CC(CCl)Cc1ccccc1Cl. The molecule has 0 N–H and O–H groups in total. The predicted molar refractivity (Wildman–Crippen MR) is 91.1 cm³/mol. The molecule has 4 heteroatoms. The van der Waals surface area contributed by atoms with E-state index in [4.69, 9.17) is 39.5 Å². The maximum atomic E-state index is 6.22. The van der Waals surface area contributed by atoms with E-state index in [2.05, 4.69) is 0 Å². The van der Waals surface area contributed by atoms with E-state index < -0.39 is 0 Å². The Labute approximate surface area is 140 Å². The molecule has 112 valence electrons. The Hall–Kier alpha value is -0.890. The maximum absolute atomic E-state index is 6.22. The average Bonchev–Trinajstić information content (AvgIpc) is 2.49. The second kappa shape index (κ2) is 7.93. The number of benzene rings is 2. The van der Waals surface area contributed by atoms with Gasteiger partial charge >= 0.3 is 0 Å². The first-order valence-corrected chi connectivity index (χ1v) is 8.05. The summed E-state index contributed by atoms with van der Waals surface area (Å²) >= 11 is 18.4. The van der Waals surface area contributed by atoms with Gasteiger partial charge < -0.3 is 4.74 Å². The highest BCUT2D eigenvalue weighted by molar-refractivity contribution is 6.31. The van der Waals surface area contributed by atoms with Gasteiger partial charge in [0.2, 0.25) is 0 Å². The molecule has 0 aliphatic carbocycles. The minimum atomic E-state index is 0.277. The molecule has 2 rings (SSSR count). The molecule has 21 heavy (non-hydrogen) atoms. The van der Waals surface area contributed by atoms with E-state index in [0.29, 0.717) is 10.9 Å². The van der Waals surface area contributed by atoms with Gasteiger partial charge in [-0.15, -0.1) is 11.6 Å². The Morgan fingerprint density at radius 2 is 1.71 bits per heavy atom. The number of methoxy groups -OCH3 is 1. The average molecular weight is 344 g/mol. The summed E-state index contributed by atoms with van der Waals surface area (Å²) in [6.45, 7) is 0. The first-order valence-electron chi connectivity index (χ1n) is 6.75. The fourth-order valence-corrected chi connectivity index (χ4v) is 3.00. The summed E-state index contributed by atoms with van der Waals surface area (Å²) in [5.74, 6) is 1.67. The van der Waals surface area contributed by atoms with Crippen molar-refractivity contribution in [2.45, 2.75) is 12.8 Å². The highest BCUT2D eigenvalue weighted by Crippen LogP contribution is 2.28. The van der Waals surface area contributed by atoms with Gasteiger partial charge in [-0.3, -0.25) is 0 Å². The molecule has 2 aromatic rings. The van der Waals surface area contributed by atoms with Crippen molar-refractivity contribution in [1.29, 1.82) is 0 Å². The third kappa shape index (κ3) is 4.54. The molecule has 0 amide bonds. The van der Waals surface area contributed by atoms with Crippen LogP contribution in [0, 0.1) is 5.92 Å². The zero-order valence-electron chi connectivity index (χ0n) is 11.8. The molecule has 0 spiro atoms. The number of halogens is 3. The van der Waals surface area contributed by atoms with E-state index in [1.54, 1.807) is 7.11 Å². The Bertz CT molecular complexity index is 598. The number of hydrogen-bond donors (Lipinski definition) is 0. The molecule has 0 fully saturated rings. The molecule has 1 atom stereocenters. The monoisotopic (exact) mass is 342 g/mol. The van der Waals surface area contributed by atoms with Gasteiger partial charge in [0.05, 0.1) is 7.11 Å². The lowest BCUT2D eigenvalue weighted by atomic mass is 9.93. The van der Waals surface area contributed by atoms with Gasteiger partial charge in [-0.1, -0.05) is 41.4 Å². The van der Waals surface area contributed by atoms with Crippen molar-refractivity contribution >= 4 is 34.8 Å². The molecular formula is C17H17Cl3O. The van der Waals surface area contributed by atoms with Crippen LogP contribution in [-0.2, 0) is 12.8 Å². The van der Waals surface area contributed by atoms with Crippen molar-refractivity contribution < 1.29 is 4.74 Å². The van der Waals surface area contributed by atoms with E-state index in [9.17, 15) is 0 Å². The third-order valence-electron chi connectivity index (χ3n) is 3.44. The number of hydrogen-bond acceptors (Lipinski definition) is 1. The predicted octanol–water partition coefficient (Wildman–Crippen LogP) is 5.64. The zero-order chi connectivity index (χ0) is 15.2. The third-order valence-corrected chi connectivity index (χ3v) is 4.48. The van der Waals surface area contributed by atoms with Crippen LogP contribution in [0.15, 0.2) is 42.5 Å². The normalized spacial score (nSPS) is 12.2. The number of ether oxygens (including phenoxy) is 1. The fourth-order valence-electron chi connectivity index (χ4n) is 2.37. The topological polar surface area (TPSA) is 9.23 Å². The molecule has 0 bridgehead atoms. The molecule has 0 saturated carbocycles. The maximum Gasteiger partial charge on any atom is 0.122 e. The molecule has 0 saturated heterocycles. The van der Waals surface area contributed by atoms with Crippen LogP contribution in [0.25, 0.3) is 0 Å². The quantitative estimate of drug-likeness (QED) is 0.616. The molecule has 0 aromatic heterocycles. The Balaban J connectivity index is 2.16. The van der Waals surface area contributed by atoms with Gasteiger partial charge in [0.1, 0.15) is 5.75 Å². The van der Waals surface area contributed by atoms with Crippen molar-refractivity contribution in [2.75, 3.05) is 13.0 Å². The van der Waals surface area contributed by atoms with Crippen molar-refractivity contribution in [3.63, 3.8) is 0 Å². The largest absolute Gasteiger partial charge is 0.496 e.